The topological polar surface area (TPSA) is 63.7 Å². The van der Waals surface area contributed by atoms with Gasteiger partial charge in [-0.1, -0.05) is 37.9 Å². The van der Waals surface area contributed by atoms with Crippen LogP contribution < -0.4 is 9.64 Å². The van der Waals surface area contributed by atoms with Crippen LogP contribution in [-0.4, -0.2) is 27.4 Å². The molecule has 8 heteroatoms. The van der Waals surface area contributed by atoms with E-state index in [0.717, 1.165) is 6.42 Å². The van der Waals surface area contributed by atoms with Crippen molar-refractivity contribution in [3.8, 4) is 5.75 Å². The van der Waals surface area contributed by atoms with Gasteiger partial charge in [-0.3, -0.25) is 14.5 Å². The lowest BCUT2D eigenvalue weighted by molar-refractivity contribution is -0.123. The minimum Gasteiger partial charge on any atom is -0.422 e. The predicted octanol–water partition coefficient (Wildman–Crippen LogP) is 4.25. The molecule has 0 N–H and O–H groups in total. The third-order valence-electron chi connectivity index (χ3n) is 6.01. The van der Waals surface area contributed by atoms with Gasteiger partial charge in [0.15, 0.2) is 0 Å². The van der Waals surface area contributed by atoms with Gasteiger partial charge in [-0.2, -0.15) is 0 Å². The zero-order valence-electron chi connectivity index (χ0n) is 14.5. The van der Waals surface area contributed by atoms with Crippen molar-refractivity contribution in [3.05, 3.63) is 46.7 Å². The maximum absolute atomic E-state index is 13.0. The van der Waals surface area contributed by atoms with E-state index in [1.165, 1.54) is 16.2 Å². The van der Waals surface area contributed by atoms with E-state index in [1.807, 2.05) is 5.38 Å². The maximum atomic E-state index is 13.0. The Balaban J connectivity index is 1.36. The van der Waals surface area contributed by atoms with Crippen LogP contribution in [0.2, 0.25) is 0 Å². The number of thiophene rings is 1. The number of alkyl halides is 2. The summed E-state index contributed by atoms with van der Waals surface area (Å²) in [6.45, 7) is 0. The number of amides is 2. The van der Waals surface area contributed by atoms with Gasteiger partial charge in [0.25, 0.3) is 0 Å². The number of carbonyl (C=O) groups is 3. The maximum Gasteiger partial charge on any atom is 0.353 e. The van der Waals surface area contributed by atoms with Gasteiger partial charge >= 0.3 is 5.97 Å². The highest BCUT2D eigenvalue weighted by Gasteiger charge is 2.66. The number of halogens is 2. The molecule has 2 aliphatic carbocycles. The molecule has 1 aliphatic heterocycles. The zero-order chi connectivity index (χ0) is 19.6. The van der Waals surface area contributed by atoms with Crippen LogP contribution >= 0.6 is 43.2 Å². The molecule has 5 rings (SSSR count). The second-order valence-corrected chi connectivity index (χ2v) is 10.4. The van der Waals surface area contributed by atoms with Crippen molar-refractivity contribution in [2.24, 2.45) is 23.7 Å². The molecule has 28 heavy (non-hydrogen) atoms. The molecule has 1 saturated heterocycles. The van der Waals surface area contributed by atoms with Crippen LogP contribution in [-0.2, 0) is 9.59 Å². The molecule has 2 heterocycles. The summed E-state index contributed by atoms with van der Waals surface area (Å²) in [6.07, 6.45) is 0.907. The van der Waals surface area contributed by atoms with Gasteiger partial charge in [0.2, 0.25) is 11.8 Å². The van der Waals surface area contributed by atoms with Gasteiger partial charge in [0.05, 0.1) is 17.5 Å². The molecule has 2 aromatic rings. The van der Waals surface area contributed by atoms with Crippen LogP contribution in [0.5, 0.6) is 5.75 Å². The van der Waals surface area contributed by atoms with E-state index in [-0.39, 0.29) is 45.1 Å². The summed E-state index contributed by atoms with van der Waals surface area (Å²) in [5.74, 6) is -0.390. The normalized spacial score (nSPS) is 33.4. The van der Waals surface area contributed by atoms with E-state index in [2.05, 4.69) is 31.9 Å². The van der Waals surface area contributed by atoms with Crippen molar-refractivity contribution in [1.29, 1.82) is 0 Å². The van der Waals surface area contributed by atoms with E-state index in [4.69, 9.17) is 4.74 Å². The lowest BCUT2D eigenvalue weighted by Crippen LogP contribution is -2.37. The number of carbonyl (C=O) groups excluding carboxylic acids is 3. The number of fused-ring (bicyclic) bond motifs is 5. The van der Waals surface area contributed by atoms with Crippen LogP contribution in [0.4, 0.5) is 5.69 Å². The largest absolute Gasteiger partial charge is 0.422 e. The Kier molecular flexibility index (Phi) is 4.48. The summed E-state index contributed by atoms with van der Waals surface area (Å²) in [5.41, 5.74) is 0.525. The highest BCUT2D eigenvalue weighted by atomic mass is 79.9. The molecule has 2 amide bonds. The molecule has 6 atom stereocenters. The van der Waals surface area contributed by atoms with E-state index in [9.17, 15) is 14.4 Å². The summed E-state index contributed by atoms with van der Waals surface area (Å²) in [5, 5.41) is 1.81. The zero-order valence-corrected chi connectivity index (χ0v) is 18.4. The average Bonchev–Trinajstić information content (AvgIpc) is 3.44. The number of hydrogen-bond acceptors (Lipinski definition) is 5. The number of rotatable bonds is 3. The lowest BCUT2D eigenvalue weighted by atomic mass is 9.81. The van der Waals surface area contributed by atoms with Crippen LogP contribution in [0.15, 0.2) is 41.8 Å². The van der Waals surface area contributed by atoms with Crippen LogP contribution in [0.1, 0.15) is 16.1 Å². The monoisotopic (exact) mass is 523 g/mol. The summed E-state index contributed by atoms with van der Waals surface area (Å²) < 4.78 is 5.35. The summed E-state index contributed by atoms with van der Waals surface area (Å²) in [6, 6.07) is 10.0. The summed E-state index contributed by atoms with van der Waals surface area (Å²) >= 11 is 8.70. The smallest absolute Gasteiger partial charge is 0.353 e. The standard InChI is InChI=1S/C20H15Br2NO4S/c21-16-11-8-12(17(16)22)15-14(11)18(24)23(19(15)25)9-3-5-10(6-4-9)27-20(26)13-2-1-7-28-13/h1-7,11-12,14-17H,8H2/t11-,12-,14-,15+,16+,17+/m1/s1. The Morgan fingerprint density at radius 2 is 1.61 bits per heavy atom. The number of anilines is 1. The van der Waals surface area contributed by atoms with Crippen LogP contribution in [0.25, 0.3) is 0 Å². The Labute approximate surface area is 182 Å². The number of nitrogens with zero attached hydrogens (tertiary/aromatic N) is 1. The fourth-order valence-electron chi connectivity index (χ4n) is 4.82. The first-order valence-electron chi connectivity index (χ1n) is 8.99. The fraction of sp³-hybridized carbons (Fsp3) is 0.350. The first-order valence-corrected chi connectivity index (χ1v) is 11.7. The second kappa shape index (κ2) is 6.78. The number of hydrogen-bond donors (Lipinski definition) is 0. The average molecular weight is 525 g/mol. The van der Waals surface area contributed by atoms with Gasteiger partial charge in [-0.15, -0.1) is 11.3 Å². The first-order chi connectivity index (χ1) is 13.5. The molecule has 1 aromatic carbocycles. The van der Waals surface area contributed by atoms with Gasteiger partial charge in [0.1, 0.15) is 10.6 Å². The van der Waals surface area contributed by atoms with Crippen molar-refractivity contribution in [2.45, 2.75) is 16.1 Å². The molecule has 3 fully saturated rings. The van der Waals surface area contributed by atoms with Crippen molar-refractivity contribution in [2.75, 3.05) is 4.90 Å². The van der Waals surface area contributed by atoms with Crippen molar-refractivity contribution in [1.82, 2.24) is 0 Å². The van der Waals surface area contributed by atoms with Crippen molar-refractivity contribution < 1.29 is 19.1 Å². The molecule has 1 aromatic heterocycles. The molecule has 3 aliphatic rings. The first kappa shape index (κ1) is 18.5. The fourth-order valence-corrected chi connectivity index (χ4v) is 7.29. The van der Waals surface area contributed by atoms with Crippen molar-refractivity contribution >= 4 is 66.7 Å². The van der Waals surface area contributed by atoms with Gasteiger partial charge in [-0.25, -0.2) is 4.79 Å². The number of benzene rings is 1. The molecule has 144 valence electrons. The summed E-state index contributed by atoms with van der Waals surface area (Å²) in [4.78, 5) is 40.4. The highest BCUT2D eigenvalue weighted by molar-refractivity contribution is 9.12. The molecule has 2 bridgehead atoms. The molecule has 5 nitrogen and oxygen atoms in total. The lowest BCUT2D eigenvalue weighted by Gasteiger charge is -2.28. The minimum absolute atomic E-state index is 0.116. The molecule has 0 radical (unpaired) electrons. The van der Waals surface area contributed by atoms with E-state index in [0.29, 0.717) is 16.3 Å². The Morgan fingerprint density at radius 3 is 2.14 bits per heavy atom. The van der Waals surface area contributed by atoms with Crippen LogP contribution in [0.3, 0.4) is 0 Å². The number of imide groups is 1. The SMILES string of the molecule is O=C(Oc1ccc(N2C(=O)[C@@H]3[C@H]4C[C@@H]([C@H](Br)[C@H]4Br)[C@@H]3C2=O)cc1)c1cccs1. The van der Waals surface area contributed by atoms with Gasteiger partial charge in [-0.05, 0) is 54.0 Å². The third-order valence-corrected chi connectivity index (χ3v) is 10.1. The minimum atomic E-state index is -0.422. The predicted molar refractivity (Wildman–Crippen MR) is 112 cm³/mol. The quantitative estimate of drug-likeness (QED) is 0.260. The van der Waals surface area contributed by atoms with Gasteiger partial charge < -0.3 is 4.74 Å². The third kappa shape index (κ3) is 2.64. The van der Waals surface area contributed by atoms with E-state index in [1.54, 1.807) is 36.4 Å². The van der Waals surface area contributed by atoms with Crippen LogP contribution in [0, 0.1) is 23.7 Å². The number of esters is 1. The van der Waals surface area contributed by atoms with Gasteiger partial charge in [0, 0.05) is 9.65 Å². The molecular weight excluding hydrogens is 510 g/mol. The summed E-state index contributed by atoms with van der Waals surface area (Å²) in [7, 11) is 0. The Hall–Kier alpha value is -1.51. The van der Waals surface area contributed by atoms with E-state index >= 15 is 0 Å². The molecule has 2 saturated carbocycles. The Bertz CT molecular complexity index is 929. The molecular formula is C20H15Br2NO4S. The van der Waals surface area contributed by atoms with E-state index < -0.39 is 5.97 Å². The molecule has 0 unspecified atom stereocenters. The Morgan fingerprint density at radius 1 is 1.00 bits per heavy atom. The number of ether oxygens (including phenoxy) is 1. The van der Waals surface area contributed by atoms with Crippen molar-refractivity contribution in [3.63, 3.8) is 0 Å². The highest BCUT2D eigenvalue weighted by Crippen LogP contribution is 2.60. The molecule has 0 spiro atoms. The second-order valence-electron chi connectivity index (χ2n) is 7.38.